The van der Waals surface area contributed by atoms with Crippen molar-refractivity contribution in [2.24, 2.45) is 0 Å². The van der Waals surface area contributed by atoms with Crippen LogP contribution in [0.15, 0.2) is 117 Å². The lowest BCUT2D eigenvalue weighted by Gasteiger charge is -2.25. The average molecular weight is 831 g/mol. The van der Waals surface area contributed by atoms with Gasteiger partial charge >= 0.3 is 0 Å². The molecule has 0 bridgehead atoms. The molecule has 2 aromatic heterocycles. The Bertz CT molecular complexity index is 2840. The van der Waals surface area contributed by atoms with Gasteiger partial charge in [-0.2, -0.15) is 0 Å². The number of benzene rings is 4. The number of aliphatic hydroxyl groups is 1. The summed E-state index contributed by atoms with van der Waals surface area (Å²) in [4.78, 5) is 47.7. The van der Waals surface area contributed by atoms with Gasteiger partial charge in [-0.1, -0.05) is 156 Å². The topological polar surface area (TPSA) is 104 Å². The van der Waals surface area contributed by atoms with E-state index >= 15 is 9.59 Å². The van der Waals surface area contributed by atoms with E-state index in [4.69, 9.17) is 8.83 Å². The average Bonchev–Trinajstić information content (AvgIpc) is 3.95. The summed E-state index contributed by atoms with van der Waals surface area (Å²) in [6, 6.07) is 30.4. The third kappa shape index (κ3) is 7.53. The van der Waals surface area contributed by atoms with E-state index < -0.39 is 17.9 Å². The molecule has 0 saturated heterocycles. The van der Waals surface area contributed by atoms with Crippen LogP contribution in [0.2, 0.25) is 0 Å². The normalized spacial score (nSPS) is 15.8. The number of fused-ring (bicyclic) bond motifs is 3. The number of carbonyl (C=O) groups is 3. The number of hydrogen-bond donors (Lipinski definition) is 1. The number of furan rings is 2. The van der Waals surface area contributed by atoms with E-state index in [1.54, 1.807) is 24.3 Å². The lowest BCUT2D eigenvalue weighted by atomic mass is 9.80. The van der Waals surface area contributed by atoms with E-state index in [0.29, 0.717) is 33.8 Å². The largest absolute Gasteiger partial charge is 0.454 e. The van der Waals surface area contributed by atoms with Crippen molar-refractivity contribution in [1.82, 2.24) is 9.80 Å². The molecule has 0 aliphatic carbocycles. The maximum atomic E-state index is 15.4. The predicted octanol–water partition coefficient (Wildman–Crippen LogP) is 11.8. The fourth-order valence-corrected chi connectivity index (χ4v) is 8.57. The van der Waals surface area contributed by atoms with Gasteiger partial charge in [0, 0.05) is 27.5 Å². The molecule has 6 aromatic rings. The third-order valence-corrected chi connectivity index (χ3v) is 12.2. The first-order valence-electron chi connectivity index (χ1n) is 21.5. The van der Waals surface area contributed by atoms with E-state index in [1.165, 1.54) is 9.80 Å². The van der Waals surface area contributed by atoms with Crippen LogP contribution >= 0.6 is 0 Å². The maximum absolute atomic E-state index is 15.4. The summed E-state index contributed by atoms with van der Waals surface area (Å²) < 4.78 is 13.7. The Hall–Kier alpha value is -5.99. The Morgan fingerprint density at radius 3 is 1.42 bits per heavy atom. The second-order valence-electron chi connectivity index (χ2n) is 21.1. The number of rotatable bonds is 8. The molecule has 4 aromatic carbocycles. The second-order valence-corrected chi connectivity index (χ2v) is 21.1. The molecule has 62 heavy (non-hydrogen) atoms. The minimum absolute atomic E-state index is 0.102. The zero-order valence-electron chi connectivity index (χ0n) is 38.1. The Labute approximate surface area is 364 Å². The molecule has 1 atom stereocenters. The number of hydrogen-bond acceptors (Lipinski definition) is 6. The van der Waals surface area contributed by atoms with Gasteiger partial charge in [0.1, 0.15) is 22.6 Å². The maximum Gasteiger partial charge on any atom is 0.261 e. The van der Waals surface area contributed by atoms with Crippen LogP contribution in [0.1, 0.15) is 139 Å². The SMILES string of the molecule is CC(C)(C)c1cc(C(C)(C)C)c2oc(C3=C4C(=O)N(CC(O)c5ccccc5)C(c5cc6cc(C(C)(C)C)cc(C(C)(C)C)c6o5)=C4C(=O)N3CC(=O)c3ccccc3)cc2c1. The number of Topliss-reactive ketones (excluding diaryl/α,β-unsaturated/α-hetero) is 1. The van der Waals surface area contributed by atoms with Gasteiger partial charge in [0.05, 0.1) is 30.3 Å². The van der Waals surface area contributed by atoms with Gasteiger partial charge in [-0.3, -0.25) is 19.3 Å². The first-order valence-corrected chi connectivity index (χ1v) is 21.5. The van der Waals surface area contributed by atoms with Gasteiger partial charge in [-0.15, -0.1) is 0 Å². The van der Waals surface area contributed by atoms with Gasteiger partial charge in [0.2, 0.25) is 0 Å². The molecule has 0 fully saturated rings. The molecule has 8 heteroatoms. The Morgan fingerprint density at radius 1 is 0.565 bits per heavy atom. The highest BCUT2D eigenvalue weighted by Crippen LogP contribution is 2.50. The highest BCUT2D eigenvalue weighted by Gasteiger charge is 2.51. The minimum Gasteiger partial charge on any atom is -0.454 e. The molecule has 1 unspecified atom stereocenters. The van der Waals surface area contributed by atoms with Crippen molar-refractivity contribution in [1.29, 1.82) is 0 Å². The van der Waals surface area contributed by atoms with Gasteiger partial charge in [-0.05, 0) is 62.6 Å². The quantitative estimate of drug-likeness (QED) is 0.153. The van der Waals surface area contributed by atoms with Crippen LogP contribution in [-0.2, 0) is 31.2 Å². The van der Waals surface area contributed by atoms with Crippen molar-refractivity contribution in [2.45, 2.75) is 111 Å². The smallest absolute Gasteiger partial charge is 0.261 e. The van der Waals surface area contributed by atoms with Crippen molar-refractivity contribution in [2.75, 3.05) is 13.1 Å². The van der Waals surface area contributed by atoms with Crippen LogP contribution in [0, 0.1) is 0 Å². The number of nitrogens with zero attached hydrogens (tertiary/aromatic N) is 2. The van der Waals surface area contributed by atoms with E-state index in [0.717, 1.165) is 33.0 Å². The van der Waals surface area contributed by atoms with Crippen LogP contribution < -0.4 is 0 Å². The van der Waals surface area contributed by atoms with Gasteiger partial charge in [-0.25, -0.2) is 0 Å². The first-order chi connectivity index (χ1) is 28.9. The Morgan fingerprint density at radius 2 is 0.984 bits per heavy atom. The van der Waals surface area contributed by atoms with Crippen LogP contribution in [-0.4, -0.2) is 45.6 Å². The Balaban J connectivity index is 1.42. The fourth-order valence-electron chi connectivity index (χ4n) is 8.57. The molecule has 0 saturated carbocycles. The third-order valence-electron chi connectivity index (χ3n) is 12.2. The van der Waals surface area contributed by atoms with Crippen LogP contribution in [0.4, 0.5) is 0 Å². The predicted molar refractivity (Wildman–Crippen MR) is 247 cm³/mol. The lowest BCUT2D eigenvalue weighted by Crippen LogP contribution is -2.34. The second kappa shape index (κ2) is 14.8. The molecule has 2 aliphatic heterocycles. The van der Waals surface area contributed by atoms with Crippen molar-refractivity contribution >= 4 is 50.9 Å². The summed E-state index contributed by atoms with van der Waals surface area (Å²) in [7, 11) is 0. The van der Waals surface area contributed by atoms with Gasteiger partial charge in [0.15, 0.2) is 17.3 Å². The fraction of sp³-hybridized carbons (Fsp3) is 0.352. The molecule has 1 N–H and O–H groups in total. The van der Waals surface area contributed by atoms with Crippen molar-refractivity contribution < 1.29 is 28.3 Å². The molecule has 8 rings (SSSR count). The summed E-state index contributed by atoms with van der Waals surface area (Å²) in [6.07, 6.45) is -1.09. The van der Waals surface area contributed by atoms with Crippen molar-refractivity contribution in [3.8, 4) is 0 Å². The van der Waals surface area contributed by atoms with Crippen LogP contribution in [0.25, 0.3) is 33.3 Å². The molecule has 8 nitrogen and oxygen atoms in total. The number of β-amino-alcohol motifs (C(OH)–C–C–N with tert-alkyl or cyclic N) is 1. The van der Waals surface area contributed by atoms with Crippen LogP contribution in [0.3, 0.4) is 0 Å². The molecular formula is C54H58N2O6. The van der Waals surface area contributed by atoms with E-state index in [1.807, 2.05) is 48.5 Å². The zero-order valence-corrected chi connectivity index (χ0v) is 38.1. The standard InChI is InChI=1S/C54H58N2O6/c1-51(2,3)35-23-33-25-41(61-47(33)37(27-35)53(7,8)9)45-43-44(50(60)55(45)29-39(57)31-19-15-13-16-20-31)46(56(49(43)59)30-40(58)32-21-17-14-18-22-32)42-26-34-24-36(52(4,5)6)28-38(48(34)62-42)54(10,11)12/h13-28,39,57H,29-30H2,1-12H3. The molecule has 2 amide bonds. The summed E-state index contributed by atoms with van der Waals surface area (Å²) in [5.41, 5.74) is 6.27. The lowest BCUT2D eigenvalue weighted by molar-refractivity contribution is -0.124. The molecule has 320 valence electrons. The monoisotopic (exact) mass is 830 g/mol. The zero-order chi connectivity index (χ0) is 44.8. The van der Waals surface area contributed by atoms with E-state index in [9.17, 15) is 9.90 Å². The highest BCUT2D eigenvalue weighted by molar-refractivity contribution is 6.30. The van der Waals surface area contributed by atoms with E-state index in [-0.39, 0.29) is 63.1 Å². The summed E-state index contributed by atoms with van der Waals surface area (Å²) in [5, 5.41) is 13.4. The Kier molecular flexibility index (Phi) is 10.2. The summed E-state index contributed by atoms with van der Waals surface area (Å²) in [6.45, 7) is 25.3. The molecular weight excluding hydrogens is 773 g/mol. The molecule has 4 heterocycles. The number of aliphatic hydroxyl groups excluding tert-OH is 1. The summed E-state index contributed by atoms with van der Waals surface area (Å²) in [5.74, 6) is -0.713. The number of amides is 2. The van der Waals surface area contributed by atoms with Gasteiger partial charge in [0.25, 0.3) is 11.8 Å². The first kappa shape index (κ1) is 42.7. The highest BCUT2D eigenvalue weighted by atomic mass is 16.3. The van der Waals surface area contributed by atoms with Gasteiger partial charge < -0.3 is 18.8 Å². The molecule has 0 radical (unpaired) electrons. The minimum atomic E-state index is -1.09. The molecule has 0 spiro atoms. The summed E-state index contributed by atoms with van der Waals surface area (Å²) >= 11 is 0. The molecule has 2 aliphatic rings. The number of ketones is 1. The van der Waals surface area contributed by atoms with Crippen molar-refractivity contribution in [3.05, 3.63) is 153 Å². The number of carbonyl (C=O) groups excluding carboxylic acids is 3. The van der Waals surface area contributed by atoms with Crippen LogP contribution in [0.5, 0.6) is 0 Å². The van der Waals surface area contributed by atoms with E-state index in [2.05, 4.69) is 107 Å². The van der Waals surface area contributed by atoms with Crippen molar-refractivity contribution in [3.63, 3.8) is 0 Å².